The van der Waals surface area contributed by atoms with Crippen LogP contribution in [0.2, 0.25) is 0 Å². The molecule has 0 atom stereocenters. The van der Waals surface area contributed by atoms with Crippen molar-refractivity contribution < 1.29 is 10.2 Å². The normalized spacial score (nSPS) is 10.8. The fourth-order valence-electron chi connectivity index (χ4n) is 3.88. The smallest absolute Gasteiger partial charge is 0.0471 e. The molecule has 162 valence electrons. The van der Waals surface area contributed by atoms with Gasteiger partial charge in [-0.25, -0.2) is 0 Å². The van der Waals surface area contributed by atoms with Crippen LogP contribution >= 0.6 is 0 Å². The molecule has 0 aliphatic heterocycles. The predicted molar refractivity (Wildman–Crippen MR) is 133 cm³/mol. The Bertz CT molecular complexity index is 1070. The number of rotatable bonds is 8. The number of aryl methyl sites for hydroxylation is 1. The van der Waals surface area contributed by atoms with E-state index in [1.165, 1.54) is 16.7 Å². The lowest BCUT2D eigenvalue weighted by atomic mass is 10.0. The molecule has 0 saturated carbocycles. The summed E-state index contributed by atoms with van der Waals surface area (Å²) in [5.41, 5.74) is 9.07. The minimum Gasteiger partial charge on any atom is -0.396 e. The Balaban J connectivity index is 1.70. The molecular formula is C29H29NO2. The van der Waals surface area contributed by atoms with Crippen LogP contribution in [0.3, 0.4) is 0 Å². The zero-order chi connectivity index (χ0) is 22.3. The fourth-order valence-corrected chi connectivity index (χ4v) is 3.88. The number of aliphatic hydroxyl groups is 2. The van der Waals surface area contributed by atoms with E-state index in [1.807, 2.05) is 0 Å². The van der Waals surface area contributed by atoms with Crippen LogP contribution in [0.25, 0.3) is 11.1 Å². The summed E-state index contributed by atoms with van der Waals surface area (Å²) in [5.74, 6) is 0. The lowest BCUT2D eigenvalue weighted by molar-refractivity contribution is 0.299. The van der Waals surface area contributed by atoms with Gasteiger partial charge in [0.25, 0.3) is 0 Å². The SMILES string of the molecule is Cc1ccc(-c2ccc(N(c3ccc(CCO)cc3)c3ccc(CCO)cc3)cc2)cc1. The number of aliphatic hydroxyl groups excluding tert-OH is 2. The van der Waals surface area contributed by atoms with E-state index in [2.05, 4.69) is 109 Å². The standard InChI is InChI=1S/C29H29NO2/c1-22-2-8-25(9-3-22)26-10-16-29(17-11-26)30(27-12-4-23(5-13-27)18-20-31)28-14-6-24(7-15-28)19-21-32/h2-17,31-32H,18-21H2,1H3. The molecule has 3 nitrogen and oxygen atoms in total. The molecule has 4 aromatic rings. The molecule has 2 N–H and O–H groups in total. The van der Waals surface area contributed by atoms with Crippen molar-refractivity contribution in [1.82, 2.24) is 0 Å². The fraction of sp³-hybridized carbons (Fsp3) is 0.172. The minimum atomic E-state index is 0.149. The minimum absolute atomic E-state index is 0.149. The largest absolute Gasteiger partial charge is 0.396 e. The first-order chi connectivity index (χ1) is 15.7. The number of hydrogen-bond acceptors (Lipinski definition) is 3. The van der Waals surface area contributed by atoms with E-state index in [1.54, 1.807) is 0 Å². The molecule has 0 radical (unpaired) electrons. The second-order valence-corrected chi connectivity index (χ2v) is 8.03. The van der Waals surface area contributed by atoms with Crippen LogP contribution in [-0.4, -0.2) is 23.4 Å². The maximum Gasteiger partial charge on any atom is 0.0471 e. The molecule has 0 amide bonds. The second kappa shape index (κ2) is 10.3. The second-order valence-electron chi connectivity index (χ2n) is 8.03. The summed E-state index contributed by atoms with van der Waals surface area (Å²) in [6.45, 7) is 2.40. The van der Waals surface area contributed by atoms with Crippen molar-refractivity contribution in [2.24, 2.45) is 0 Å². The quantitative estimate of drug-likeness (QED) is 0.354. The Morgan fingerprint density at radius 1 is 0.500 bits per heavy atom. The van der Waals surface area contributed by atoms with Crippen LogP contribution in [0.4, 0.5) is 17.1 Å². The molecule has 0 aliphatic carbocycles. The van der Waals surface area contributed by atoms with Crippen molar-refractivity contribution in [3.05, 3.63) is 114 Å². The van der Waals surface area contributed by atoms with E-state index in [0.29, 0.717) is 12.8 Å². The van der Waals surface area contributed by atoms with Crippen LogP contribution in [0.1, 0.15) is 16.7 Å². The highest BCUT2D eigenvalue weighted by molar-refractivity contribution is 5.78. The van der Waals surface area contributed by atoms with E-state index in [4.69, 9.17) is 0 Å². The van der Waals surface area contributed by atoms with Crippen molar-refractivity contribution >= 4 is 17.1 Å². The average Bonchev–Trinajstić information content (AvgIpc) is 2.83. The number of anilines is 3. The van der Waals surface area contributed by atoms with Gasteiger partial charge in [0, 0.05) is 30.3 Å². The molecule has 0 fully saturated rings. The third-order valence-corrected chi connectivity index (χ3v) is 5.70. The van der Waals surface area contributed by atoms with Crippen molar-refractivity contribution in [3.63, 3.8) is 0 Å². The summed E-state index contributed by atoms with van der Waals surface area (Å²) < 4.78 is 0. The molecule has 3 heteroatoms. The van der Waals surface area contributed by atoms with Gasteiger partial charge >= 0.3 is 0 Å². The van der Waals surface area contributed by atoms with Crippen LogP contribution in [0.5, 0.6) is 0 Å². The van der Waals surface area contributed by atoms with Gasteiger partial charge in [-0.05, 0) is 78.4 Å². The first-order valence-corrected chi connectivity index (χ1v) is 11.0. The first-order valence-electron chi connectivity index (χ1n) is 11.0. The van der Waals surface area contributed by atoms with E-state index in [9.17, 15) is 10.2 Å². The van der Waals surface area contributed by atoms with Gasteiger partial charge in [0.1, 0.15) is 0 Å². The maximum atomic E-state index is 9.23. The van der Waals surface area contributed by atoms with Crippen LogP contribution in [0.15, 0.2) is 97.1 Å². The molecule has 4 rings (SSSR count). The zero-order valence-corrected chi connectivity index (χ0v) is 18.4. The summed E-state index contributed by atoms with van der Waals surface area (Å²) >= 11 is 0. The molecule has 0 unspecified atom stereocenters. The summed E-state index contributed by atoms with van der Waals surface area (Å²) in [5, 5.41) is 18.5. The Hall–Kier alpha value is -3.40. The lowest BCUT2D eigenvalue weighted by Gasteiger charge is -2.26. The summed E-state index contributed by atoms with van der Waals surface area (Å²) in [6, 6.07) is 33.9. The topological polar surface area (TPSA) is 43.7 Å². The summed E-state index contributed by atoms with van der Waals surface area (Å²) in [7, 11) is 0. The van der Waals surface area contributed by atoms with Crippen molar-refractivity contribution in [1.29, 1.82) is 0 Å². The molecule has 0 bridgehead atoms. The van der Waals surface area contributed by atoms with Gasteiger partial charge in [-0.15, -0.1) is 0 Å². The first kappa shape index (κ1) is 21.8. The van der Waals surface area contributed by atoms with Gasteiger partial charge in [-0.2, -0.15) is 0 Å². The van der Waals surface area contributed by atoms with Gasteiger partial charge in [0.2, 0.25) is 0 Å². The maximum absolute atomic E-state index is 9.23. The Labute approximate surface area is 190 Å². The molecule has 0 saturated heterocycles. The number of benzene rings is 4. The van der Waals surface area contributed by atoms with Gasteiger partial charge in [-0.1, -0.05) is 66.2 Å². The zero-order valence-electron chi connectivity index (χ0n) is 18.4. The van der Waals surface area contributed by atoms with Gasteiger partial charge in [0.05, 0.1) is 0 Å². The lowest BCUT2D eigenvalue weighted by Crippen LogP contribution is -2.10. The van der Waals surface area contributed by atoms with Gasteiger partial charge < -0.3 is 15.1 Å². The molecule has 0 spiro atoms. The number of hydrogen-bond donors (Lipinski definition) is 2. The third kappa shape index (κ3) is 5.08. The van der Waals surface area contributed by atoms with E-state index in [-0.39, 0.29) is 13.2 Å². The molecule has 32 heavy (non-hydrogen) atoms. The molecule has 0 aromatic heterocycles. The van der Waals surface area contributed by atoms with Crippen LogP contribution < -0.4 is 4.90 Å². The number of nitrogens with zero attached hydrogens (tertiary/aromatic N) is 1. The van der Waals surface area contributed by atoms with Crippen LogP contribution in [0, 0.1) is 6.92 Å². The highest BCUT2D eigenvalue weighted by Crippen LogP contribution is 2.36. The van der Waals surface area contributed by atoms with Crippen molar-refractivity contribution in [2.45, 2.75) is 19.8 Å². The van der Waals surface area contributed by atoms with E-state index < -0.39 is 0 Å². The Kier molecular flexibility index (Phi) is 7.00. The molecule has 0 heterocycles. The van der Waals surface area contributed by atoms with Crippen molar-refractivity contribution in [3.8, 4) is 11.1 Å². The Morgan fingerprint density at radius 2 is 0.844 bits per heavy atom. The van der Waals surface area contributed by atoms with Gasteiger partial charge in [-0.3, -0.25) is 0 Å². The van der Waals surface area contributed by atoms with E-state index >= 15 is 0 Å². The summed E-state index contributed by atoms with van der Waals surface area (Å²) in [6.07, 6.45) is 1.31. The predicted octanol–water partition coefficient (Wildman–Crippen LogP) is 6.20. The van der Waals surface area contributed by atoms with Crippen LogP contribution in [-0.2, 0) is 12.8 Å². The Morgan fingerprint density at radius 3 is 1.22 bits per heavy atom. The third-order valence-electron chi connectivity index (χ3n) is 5.70. The van der Waals surface area contributed by atoms with Gasteiger partial charge in [0.15, 0.2) is 0 Å². The average molecular weight is 424 g/mol. The monoisotopic (exact) mass is 423 g/mol. The van der Waals surface area contributed by atoms with E-state index in [0.717, 1.165) is 28.2 Å². The molecule has 4 aromatic carbocycles. The molecular weight excluding hydrogens is 394 g/mol. The van der Waals surface area contributed by atoms with Crippen molar-refractivity contribution in [2.75, 3.05) is 18.1 Å². The molecule has 0 aliphatic rings. The summed E-state index contributed by atoms with van der Waals surface area (Å²) in [4.78, 5) is 2.23. The highest BCUT2D eigenvalue weighted by Gasteiger charge is 2.13. The highest BCUT2D eigenvalue weighted by atomic mass is 16.3.